The molecule has 4 aromatic carbocycles. The summed E-state index contributed by atoms with van der Waals surface area (Å²) in [7, 11) is 2.60. The van der Waals surface area contributed by atoms with Gasteiger partial charge in [-0.1, -0.05) is 103 Å². The molecule has 0 aliphatic heterocycles. The van der Waals surface area contributed by atoms with Gasteiger partial charge in [0.1, 0.15) is 17.9 Å². The third kappa shape index (κ3) is 6.89. The first kappa shape index (κ1) is 33.4. The number of esters is 2. The molecule has 0 aliphatic carbocycles. The summed E-state index contributed by atoms with van der Waals surface area (Å²) in [5, 5.41) is 9.86. The summed E-state index contributed by atoms with van der Waals surface area (Å²) in [6.07, 6.45) is 4.32. The van der Waals surface area contributed by atoms with E-state index in [1.807, 2.05) is 103 Å². The smallest absolute Gasteiger partial charge is 0.343 e. The minimum absolute atomic E-state index is 0.00224. The molecule has 50 heavy (non-hydrogen) atoms. The van der Waals surface area contributed by atoms with Crippen LogP contribution in [0, 0.1) is 0 Å². The molecule has 0 fully saturated rings. The van der Waals surface area contributed by atoms with Gasteiger partial charge in [-0.2, -0.15) is 0 Å². The van der Waals surface area contributed by atoms with E-state index in [2.05, 4.69) is 30.9 Å². The molecule has 0 saturated carbocycles. The number of rotatable bonds is 11. The number of amides is 2. The van der Waals surface area contributed by atoms with Crippen molar-refractivity contribution in [3.05, 3.63) is 162 Å². The molecular weight excluding hydrogens is 632 g/mol. The fourth-order valence-corrected chi connectivity index (χ4v) is 6.09. The molecule has 0 spiro atoms. The van der Waals surface area contributed by atoms with Gasteiger partial charge in [0, 0.05) is 17.8 Å². The molecule has 6 aromatic rings. The minimum atomic E-state index is -0.930. The normalized spacial score (nSPS) is 11.7. The highest BCUT2D eigenvalue weighted by Gasteiger charge is 2.40. The first-order chi connectivity index (χ1) is 24.4. The van der Waals surface area contributed by atoms with Gasteiger partial charge in [0.05, 0.1) is 31.0 Å². The Morgan fingerprint density at radius 3 is 1.92 bits per heavy atom. The van der Waals surface area contributed by atoms with Crippen LogP contribution in [0.25, 0.3) is 10.9 Å². The van der Waals surface area contributed by atoms with Crippen molar-refractivity contribution < 1.29 is 23.9 Å². The molecule has 6 rings (SSSR count). The summed E-state index contributed by atoms with van der Waals surface area (Å²) in [5.41, 5.74) is 3.62. The molecule has 0 unspecified atom stereocenters. The number of anilines is 2. The highest BCUT2D eigenvalue weighted by molar-refractivity contribution is 6.07. The molecule has 11 heteroatoms. The maximum Gasteiger partial charge on any atom is 0.343 e. The van der Waals surface area contributed by atoms with E-state index in [4.69, 9.17) is 9.47 Å². The van der Waals surface area contributed by atoms with E-state index in [0.717, 1.165) is 27.6 Å². The number of methoxy groups -OCH3 is 2. The zero-order valence-electron chi connectivity index (χ0n) is 27.4. The summed E-state index contributed by atoms with van der Waals surface area (Å²) in [6, 6.07) is 35.8. The number of hydrogen-bond donors (Lipinski definition) is 3. The number of benzene rings is 4. The summed E-state index contributed by atoms with van der Waals surface area (Å²) in [6.45, 7) is 0. The summed E-state index contributed by atoms with van der Waals surface area (Å²) in [4.78, 5) is 51.4. The number of nitrogens with zero attached hydrogens (tertiary/aromatic N) is 3. The molecule has 11 nitrogen and oxygen atoms in total. The lowest BCUT2D eigenvalue weighted by atomic mass is 9.76. The van der Waals surface area contributed by atoms with E-state index in [9.17, 15) is 14.4 Å². The molecule has 2 aromatic heterocycles. The summed E-state index contributed by atoms with van der Waals surface area (Å²) in [5.74, 6) is -1.15. The Hall–Kier alpha value is -6.46. The number of hydrogen-bond acceptors (Lipinski definition) is 9. The summed E-state index contributed by atoms with van der Waals surface area (Å²) >= 11 is 0. The van der Waals surface area contributed by atoms with Gasteiger partial charge in [0.2, 0.25) is 0 Å². The van der Waals surface area contributed by atoms with Gasteiger partial charge in [-0.15, -0.1) is 0 Å². The van der Waals surface area contributed by atoms with Crippen molar-refractivity contribution in [3.63, 3.8) is 0 Å². The minimum Gasteiger partial charge on any atom is -0.468 e. The second-order valence-corrected chi connectivity index (χ2v) is 11.3. The van der Waals surface area contributed by atoms with Gasteiger partial charge >= 0.3 is 18.0 Å². The van der Waals surface area contributed by atoms with Crippen molar-refractivity contribution in [1.82, 2.24) is 20.3 Å². The van der Waals surface area contributed by atoms with Crippen molar-refractivity contribution in [3.8, 4) is 0 Å². The van der Waals surface area contributed by atoms with Crippen LogP contribution in [0.3, 0.4) is 0 Å². The molecule has 250 valence electrons. The molecule has 0 saturated heterocycles. The predicted octanol–water partition coefficient (Wildman–Crippen LogP) is 6.12. The van der Waals surface area contributed by atoms with E-state index in [0.29, 0.717) is 11.2 Å². The lowest BCUT2D eigenvalue weighted by molar-refractivity contribution is -0.143. The molecule has 0 bridgehead atoms. The van der Waals surface area contributed by atoms with Crippen LogP contribution < -0.4 is 16.0 Å². The average Bonchev–Trinajstić information content (AvgIpc) is 3.18. The molecule has 1 atom stereocenters. The fraction of sp³-hybridized carbons (Fsp3) is 0.128. The second-order valence-electron chi connectivity index (χ2n) is 11.3. The third-order valence-corrected chi connectivity index (χ3v) is 8.38. The van der Waals surface area contributed by atoms with Crippen molar-refractivity contribution in [1.29, 1.82) is 0 Å². The van der Waals surface area contributed by atoms with Crippen molar-refractivity contribution in [2.45, 2.75) is 18.0 Å². The Labute approximate surface area is 288 Å². The Bertz CT molecular complexity index is 2020. The molecule has 2 amide bonds. The zero-order valence-corrected chi connectivity index (χ0v) is 27.4. The lowest BCUT2D eigenvalue weighted by Gasteiger charge is -2.39. The monoisotopic (exact) mass is 666 g/mol. The molecule has 2 heterocycles. The Morgan fingerprint density at radius 2 is 1.34 bits per heavy atom. The summed E-state index contributed by atoms with van der Waals surface area (Å²) < 4.78 is 10.2. The maximum absolute atomic E-state index is 13.7. The van der Waals surface area contributed by atoms with Crippen LogP contribution in [0.2, 0.25) is 0 Å². The van der Waals surface area contributed by atoms with Gasteiger partial charge in [0.15, 0.2) is 5.82 Å². The number of carbonyl (C=O) groups is 3. The fourth-order valence-electron chi connectivity index (χ4n) is 6.09. The predicted molar refractivity (Wildman–Crippen MR) is 190 cm³/mol. The van der Waals surface area contributed by atoms with Gasteiger partial charge < -0.3 is 14.8 Å². The van der Waals surface area contributed by atoms with Crippen molar-refractivity contribution in [2.75, 3.05) is 24.9 Å². The number of fused-ring (bicyclic) bond motifs is 1. The van der Waals surface area contributed by atoms with Crippen molar-refractivity contribution in [2.24, 2.45) is 0 Å². The van der Waals surface area contributed by atoms with Gasteiger partial charge in [-0.3, -0.25) is 20.4 Å². The van der Waals surface area contributed by atoms with Crippen LogP contribution in [0.1, 0.15) is 32.6 Å². The number of aromatic nitrogens is 3. The van der Waals surface area contributed by atoms with E-state index in [-0.39, 0.29) is 17.8 Å². The van der Waals surface area contributed by atoms with Crippen LogP contribution in [0.4, 0.5) is 16.3 Å². The Balaban J connectivity index is 1.37. The second kappa shape index (κ2) is 15.2. The van der Waals surface area contributed by atoms with Gasteiger partial charge in [0.25, 0.3) is 0 Å². The zero-order chi connectivity index (χ0) is 34.9. The number of pyridine rings is 1. The van der Waals surface area contributed by atoms with Gasteiger partial charge in [-0.25, -0.2) is 19.6 Å². The van der Waals surface area contributed by atoms with Crippen LogP contribution in [-0.4, -0.2) is 53.2 Å². The van der Waals surface area contributed by atoms with E-state index < -0.39 is 29.6 Å². The average molecular weight is 667 g/mol. The molecule has 3 N–H and O–H groups in total. The molecular formula is C39H34N6O5. The van der Waals surface area contributed by atoms with Crippen molar-refractivity contribution >= 4 is 40.4 Å². The van der Waals surface area contributed by atoms with Crippen LogP contribution in [0.15, 0.2) is 134 Å². The highest BCUT2D eigenvalue weighted by atomic mass is 16.5. The first-order valence-corrected chi connectivity index (χ1v) is 15.8. The third-order valence-electron chi connectivity index (χ3n) is 8.38. The van der Waals surface area contributed by atoms with Crippen LogP contribution >= 0.6 is 0 Å². The number of nitrogens with one attached hydrogen (secondary N) is 3. The number of carbonyl (C=O) groups excluding carboxylic acids is 3. The topological polar surface area (TPSA) is 144 Å². The lowest BCUT2D eigenvalue weighted by Crippen LogP contribution is -2.53. The van der Waals surface area contributed by atoms with Crippen LogP contribution in [0.5, 0.6) is 0 Å². The maximum atomic E-state index is 13.7. The quantitative estimate of drug-likeness (QED) is 0.110. The van der Waals surface area contributed by atoms with Crippen LogP contribution in [-0.2, 0) is 26.2 Å². The SMILES string of the molecule is COC(=O)c1cncnc1NC(=O)Nc1ccc(C[C@H](NC(c2ccccc2)(c2ccccc2)c2ccccc2)C(=O)OC)c2cccnc12. The largest absolute Gasteiger partial charge is 0.468 e. The van der Waals surface area contributed by atoms with E-state index >= 15 is 0 Å². The van der Waals surface area contributed by atoms with E-state index in [1.165, 1.54) is 26.7 Å². The standard InChI is InChI=1S/C39H34N6O5/c1-49-36(46)31-24-40-25-42-35(31)44-38(48)43-32-21-20-26(30-19-12-22-41-34(30)32)23-33(37(47)50-2)45-39(27-13-6-3-7-14-27,28-15-8-4-9-16-28)29-17-10-5-11-18-29/h3-22,24-25,33,45H,23H2,1-2H3,(H2,40,42,43,44,48)/t33-/m0/s1. The molecule has 0 radical (unpaired) electrons. The highest BCUT2D eigenvalue weighted by Crippen LogP contribution is 2.38. The Morgan fingerprint density at radius 1 is 0.720 bits per heavy atom. The molecule has 0 aliphatic rings. The number of ether oxygens (including phenoxy) is 2. The van der Waals surface area contributed by atoms with Gasteiger partial charge in [-0.05, 0) is 40.8 Å². The first-order valence-electron chi connectivity index (χ1n) is 15.8. The Kier molecular flexibility index (Phi) is 10.2. The van der Waals surface area contributed by atoms with E-state index in [1.54, 1.807) is 18.3 Å². The number of urea groups is 1.